The topological polar surface area (TPSA) is 73.6 Å². The number of halogens is 3. The molecule has 4 rings (SSSR count). The highest BCUT2D eigenvalue weighted by atomic mass is 35.5. The van der Waals surface area contributed by atoms with Crippen LogP contribution >= 0.6 is 11.6 Å². The van der Waals surface area contributed by atoms with Crippen molar-refractivity contribution in [1.82, 2.24) is 19.6 Å². The molecule has 0 saturated heterocycles. The van der Waals surface area contributed by atoms with E-state index in [0.29, 0.717) is 41.0 Å². The third-order valence-corrected chi connectivity index (χ3v) is 5.23. The molecule has 0 unspecified atom stereocenters. The highest BCUT2D eigenvalue weighted by molar-refractivity contribution is 6.16. The number of aryl methyl sites for hydroxylation is 1. The molecule has 166 valence electrons. The average Bonchev–Trinajstić information content (AvgIpc) is 3.25. The Labute approximate surface area is 188 Å². The van der Waals surface area contributed by atoms with E-state index < -0.39 is 11.6 Å². The van der Waals surface area contributed by atoms with Gasteiger partial charge in [-0.2, -0.15) is 4.52 Å². The van der Waals surface area contributed by atoms with Crippen molar-refractivity contribution < 1.29 is 18.3 Å². The number of rotatable bonds is 7. The lowest BCUT2D eigenvalue weighted by atomic mass is 10.1. The summed E-state index contributed by atoms with van der Waals surface area (Å²) in [6.07, 6.45) is 0. The number of methoxy groups -OCH3 is 2. The van der Waals surface area contributed by atoms with Gasteiger partial charge >= 0.3 is 0 Å². The Balaban J connectivity index is 1.81. The molecule has 2 aromatic carbocycles. The number of fused-ring (bicyclic) bond motifs is 1. The van der Waals surface area contributed by atoms with E-state index >= 15 is 0 Å². The van der Waals surface area contributed by atoms with Crippen LogP contribution in [0.15, 0.2) is 36.4 Å². The van der Waals surface area contributed by atoms with Crippen LogP contribution in [0.25, 0.3) is 16.9 Å². The summed E-state index contributed by atoms with van der Waals surface area (Å²) in [5.74, 6) is 0.903. The molecule has 2 aromatic heterocycles. The Morgan fingerprint density at radius 2 is 1.88 bits per heavy atom. The molecule has 4 aromatic rings. The summed E-state index contributed by atoms with van der Waals surface area (Å²) in [6, 6.07) is 8.67. The standard InChI is InChI=1S/C22H20ClF2N5O2/c1-12-20(16-8-14(24)5-7-17(16)25)28-22(30-21(12)27-19(10-23)29-30)26-11-13-4-6-15(31-2)9-18(13)32-3/h4-9H,10-11H2,1-3H3,(H,26,28). The van der Waals surface area contributed by atoms with Gasteiger partial charge in [0.05, 0.1) is 25.8 Å². The fourth-order valence-corrected chi connectivity index (χ4v) is 3.49. The van der Waals surface area contributed by atoms with Crippen LogP contribution in [0.3, 0.4) is 0 Å². The number of anilines is 1. The maximum absolute atomic E-state index is 14.5. The predicted octanol–water partition coefficient (Wildman–Crippen LogP) is 4.75. The third kappa shape index (κ3) is 4.03. The highest BCUT2D eigenvalue weighted by Gasteiger charge is 2.19. The zero-order valence-electron chi connectivity index (χ0n) is 17.6. The van der Waals surface area contributed by atoms with Crippen LogP contribution in [-0.2, 0) is 12.4 Å². The Kier molecular flexibility index (Phi) is 6.09. The van der Waals surface area contributed by atoms with E-state index in [1.54, 1.807) is 27.2 Å². The highest BCUT2D eigenvalue weighted by Crippen LogP contribution is 2.30. The van der Waals surface area contributed by atoms with Crippen LogP contribution < -0.4 is 14.8 Å². The second-order valence-electron chi connectivity index (χ2n) is 6.96. The molecular weight excluding hydrogens is 440 g/mol. The first-order valence-corrected chi connectivity index (χ1v) is 10.2. The maximum atomic E-state index is 14.5. The molecule has 0 bridgehead atoms. The molecule has 0 radical (unpaired) electrons. The normalized spacial score (nSPS) is 11.1. The molecule has 0 amide bonds. The SMILES string of the molecule is COc1ccc(CNc2nc(-c3cc(F)ccc3F)c(C)c3nc(CCl)nn23)c(OC)c1. The van der Waals surface area contributed by atoms with Crippen molar-refractivity contribution in [3.63, 3.8) is 0 Å². The Morgan fingerprint density at radius 3 is 2.59 bits per heavy atom. The number of alkyl halides is 1. The molecule has 0 aliphatic heterocycles. The van der Waals surface area contributed by atoms with Crippen LogP contribution in [0.2, 0.25) is 0 Å². The van der Waals surface area contributed by atoms with E-state index in [0.717, 1.165) is 23.8 Å². The summed E-state index contributed by atoms with van der Waals surface area (Å²) in [6.45, 7) is 2.05. The summed E-state index contributed by atoms with van der Waals surface area (Å²) in [4.78, 5) is 8.98. The van der Waals surface area contributed by atoms with Crippen molar-refractivity contribution in [3.05, 3.63) is 65.0 Å². The van der Waals surface area contributed by atoms with E-state index in [-0.39, 0.29) is 17.1 Å². The van der Waals surface area contributed by atoms with Crippen LogP contribution in [0, 0.1) is 18.6 Å². The van der Waals surface area contributed by atoms with Crippen LogP contribution in [0.5, 0.6) is 11.5 Å². The maximum Gasteiger partial charge on any atom is 0.226 e. The fraction of sp³-hybridized carbons (Fsp3) is 0.227. The van der Waals surface area contributed by atoms with E-state index in [1.165, 1.54) is 4.52 Å². The Bertz CT molecular complexity index is 1300. The van der Waals surface area contributed by atoms with Crippen molar-refractivity contribution in [2.24, 2.45) is 0 Å². The van der Waals surface area contributed by atoms with Crippen molar-refractivity contribution in [3.8, 4) is 22.8 Å². The molecule has 0 atom stereocenters. The summed E-state index contributed by atoms with van der Waals surface area (Å²) >= 11 is 5.93. The van der Waals surface area contributed by atoms with Gasteiger partial charge in [-0.1, -0.05) is 0 Å². The second kappa shape index (κ2) is 8.96. The first-order chi connectivity index (χ1) is 15.4. The Morgan fingerprint density at radius 1 is 1.06 bits per heavy atom. The van der Waals surface area contributed by atoms with Gasteiger partial charge in [-0.15, -0.1) is 16.7 Å². The van der Waals surface area contributed by atoms with Gasteiger partial charge in [0.2, 0.25) is 5.95 Å². The molecule has 32 heavy (non-hydrogen) atoms. The lowest BCUT2D eigenvalue weighted by molar-refractivity contribution is 0.391. The van der Waals surface area contributed by atoms with Crippen molar-refractivity contribution in [2.45, 2.75) is 19.3 Å². The van der Waals surface area contributed by atoms with Gasteiger partial charge in [0.15, 0.2) is 11.5 Å². The van der Waals surface area contributed by atoms with Gasteiger partial charge in [-0.25, -0.2) is 18.7 Å². The van der Waals surface area contributed by atoms with Crippen molar-refractivity contribution >= 4 is 23.2 Å². The van der Waals surface area contributed by atoms with Crippen LogP contribution in [0.4, 0.5) is 14.7 Å². The summed E-state index contributed by atoms with van der Waals surface area (Å²) in [5, 5.41) is 7.57. The van der Waals surface area contributed by atoms with E-state index in [2.05, 4.69) is 20.4 Å². The van der Waals surface area contributed by atoms with Crippen molar-refractivity contribution in [2.75, 3.05) is 19.5 Å². The minimum Gasteiger partial charge on any atom is -0.497 e. The zero-order valence-corrected chi connectivity index (χ0v) is 18.4. The lowest BCUT2D eigenvalue weighted by Crippen LogP contribution is -2.11. The summed E-state index contributed by atoms with van der Waals surface area (Å²) in [7, 11) is 3.14. The predicted molar refractivity (Wildman–Crippen MR) is 117 cm³/mol. The molecule has 1 N–H and O–H groups in total. The van der Waals surface area contributed by atoms with E-state index in [1.807, 2.05) is 12.1 Å². The molecule has 7 nitrogen and oxygen atoms in total. The van der Waals surface area contributed by atoms with E-state index in [9.17, 15) is 8.78 Å². The molecule has 2 heterocycles. The number of hydrogen-bond acceptors (Lipinski definition) is 6. The van der Waals surface area contributed by atoms with Gasteiger partial charge < -0.3 is 14.8 Å². The Hall–Kier alpha value is -3.46. The quantitative estimate of drug-likeness (QED) is 0.402. The summed E-state index contributed by atoms with van der Waals surface area (Å²) in [5.41, 5.74) is 2.11. The molecule has 0 spiro atoms. The minimum absolute atomic E-state index is 0.0329. The zero-order chi connectivity index (χ0) is 22.8. The van der Waals surface area contributed by atoms with Crippen LogP contribution in [0.1, 0.15) is 17.0 Å². The van der Waals surface area contributed by atoms with Gasteiger partial charge in [0.25, 0.3) is 0 Å². The number of benzene rings is 2. The molecule has 0 aliphatic carbocycles. The third-order valence-electron chi connectivity index (χ3n) is 4.99. The molecule has 10 heteroatoms. The second-order valence-corrected chi connectivity index (χ2v) is 7.23. The molecule has 0 fully saturated rings. The van der Waals surface area contributed by atoms with Crippen molar-refractivity contribution in [1.29, 1.82) is 0 Å². The minimum atomic E-state index is -0.591. The first kappa shape index (κ1) is 21.8. The molecule has 0 aliphatic rings. The summed E-state index contributed by atoms with van der Waals surface area (Å²) < 4.78 is 40.6. The fourth-order valence-electron chi connectivity index (χ4n) is 3.37. The van der Waals surface area contributed by atoms with Gasteiger partial charge in [-0.05, 0) is 37.3 Å². The number of hydrogen-bond donors (Lipinski definition) is 1. The number of ether oxygens (including phenoxy) is 2. The number of nitrogens with one attached hydrogen (secondary N) is 1. The lowest BCUT2D eigenvalue weighted by Gasteiger charge is -2.14. The van der Waals surface area contributed by atoms with Gasteiger partial charge in [-0.3, -0.25) is 0 Å². The molecular formula is C22H20ClF2N5O2. The largest absolute Gasteiger partial charge is 0.497 e. The smallest absolute Gasteiger partial charge is 0.226 e. The van der Waals surface area contributed by atoms with E-state index in [4.69, 9.17) is 21.1 Å². The van der Waals surface area contributed by atoms with Gasteiger partial charge in [0, 0.05) is 29.3 Å². The van der Waals surface area contributed by atoms with Crippen LogP contribution in [-0.4, -0.2) is 33.8 Å². The first-order valence-electron chi connectivity index (χ1n) is 9.67. The monoisotopic (exact) mass is 459 g/mol. The number of nitrogens with zero attached hydrogens (tertiary/aromatic N) is 4. The molecule has 0 saturated carbocycles. The number of aromatic nitrogens is 4. The van der Waals surface area contributed by atoms with Gasteiger partial charge in [0.1, 0.15) is 23.1 Å². The average molecular weight is 460 g/mol.